The Balaban J connectivity index is 2.11. The van der Waals surface area contributed by atoms with Crippen LogP contribution in [0.3, 0.4) is 0 Å². The van der Waals surface area contributed by atoms with Gasteiger partial charge in [-0.15, -0.1) is 0 Å². The Labute approximate surface area is 126 Å². The van der Waals surface area contributed by atoms with E-state index in [2.05, 4.69) is 16.9 Å². The van der Waals surface area contributed by atoms with Crippen molar-refractivity contribution in [2.75, 3.05) is 0 Å². The van der Waals surface area contributed by atoms with E-state index in [0.29, 0.717) is 6.61 Å². The van der Waals surface area contributed by atoms with Gasteiger partial charge in [-0.3, -0.25) is 9.97 Å². The van der Waals surface area contributed by atoms with Crippen LogP contribution in [0.15, 0.2) is 30.3 Å². The maximum atomic E-state index is 6.04. The molecule has 2 aromatic rings. The standard InChI is InChI=1S/C17H23N3O/c1-4-14(18)10-16-17(9-8-13(3)20-16)21-11-15-7-5-6-12(2)19-15/h5-9,14H,4,10-11,18H2,1-3H3. The van der Waals surface area contributed by atoms with Crippen LogP contribution < -0.4 is 10.5 Å². The zero-order valence-electron chi connectivity index (χ0n) is 13.0. The molecule has 2 aromatic heterocycles. The van der Waals surface area contributed by atoms with E-state index in [4.69, 9.17) is 10.5 Å². The molecule has 0 bridgehead atoms. The molecule has 0 amide bonds. The third kappa shape index (κ3) is 4.53. The number of pyridine rings is 2. The first-order valence-electron chi connectivity index (χ1n) is 7.36. The second-order valence-electron chi connectivity index (χ2n) is 5.33. The summed E-state index contributed by atoms with van der Waals surface area (Å²) < 4.78 is 5.90. The first-order chi connectivity index (χ1) is 10.1. The van der Waals surface area contributed by atoms with Crippen LogP contribution in [-0.2, 0) is 13.0 Å². The predicted octanol–water partition coefficient (Wildman–Crippen LogP) is 2.95. The van der Waals surface area contributed by atoms with Crippen molar-refractivity contribution in [1.29, 1.82) is 0 Å². The molecule has 1 atom stereocenters. The fourth-order valence-corrected chi connectivity index (χ4v) is 2.10. The van der Waals surface area contributed by atoms with Crippen LogP contribution in [0.1, 0.15) is 36.1 Å². The Morgan fingerprint density at radius 3 is 2.57 bits per heavy atom. The number of aromatic nitrogens is 2. The van der Waals surface area contributed by atoms with E-state index in [1.807, 2.05) is 44.2 Å². The SMILES string of the molecule is CCC(N)Cc1nc(C)ccc1OCc1cccc(C)n1. The summed E-state index contributed by atoms with van der Waals surface area (Å²) in [6.07, 6.45) is 1.66. The second kappa shape index (κ2) is 7.18. The molecule has 2 rings (SSSR count). The lowest BCUT2D eigenvalue weighted by atomic mass is 10.1. The number of aryl methyl sites for hydroxylation is 2. The highest BCUT2D eigenvalue weighted by atomic mass is 16.5. The molecule has 0 spiro atoms. The average molecular weight is 285 g/mol. The number of nitrogens with two attached hydrogens (primary N) is 1. The maximum Gasteiger partial charge on any atom is 0.141 e. The molecule has 2 N–H and O–H groups in total. The quantitative estimate of drug-likeness (QED) is 0.886. The van der Waals surface area contributed by atoms with E-state index in [-0.39, 0.29) is 6.04 Å². The lowest BCUT2D eigenvalue weighted by Gasteiger charge is -2.14. The van der Waals surface area contributed by atoms with Crippen molar-refractivity contribution >= 4 is 0 Å². The normalized spacial score (nSPS) is 12.2. The van der Waals surface area contributed by atoms with Gasteiger partial charge in [-0.05, 0) is 44.5 Å². The minimum Gasteiger partial charge on any atom is -0.485 e. The highest BCUT2D eigenvalue weighted by Crippen LogP contribution is 2.20. The molecule has 0 fully saturated rings. The van der Waals surface area contributed by atoms with Crippen LogP contribution in [0.4, 0.5) is 0 Å². The molecular weight excluding hydrogens is 262 g/mol. The zero-order chi connectivity index (χ0) is 15.2. The Hall–Kier alpha value is -1.94. The third-order valence-corrected chi connectivity index (χ3v) is 3.37. The topological polar surface area (TPSA) is 61.0 Å². The summed E-state index contributed by atoms with van der Waals surface area (Å²) in [7, 11) is 0. The zero-order valence-corrected chi connectivity index (χ0v) is 13.0. The minimum atomic E-state index is 0.110. The fourth-order valence-electron chi connectivity index (χ4n) is 2.10. The molecule has 0 aliphatic heterocycles. The van der Waals surface area contributed by atoms with Crippen LogP contribution in [-0.4, -0.2) is 16.0 Å². The Kier molecular flexibility index (Phi) is 5.28. The van der Waals surface area contributed by atoms with Crippen LogP contribution in [0.2, 0.25) is 0 Å². The van der Waals surface area contributed by atoms with E-state index in [9.17, 15) is 0 Å². The van der Waals surface area contributed by atoms with E-state index in [0.717, 1.165) is 41.4 Å². The van der Waals surface area contributed by atoms with Crippen LogP contribution in [0, 0.1) is 13.8 Å². The molecule has 0 aliphatic rings. The number of nitrogens with zero attached hydrogens (tertiary/aromatic N) is 2. The number of ether oxygens (including phenoxy) is 1. The predicted molar refractivity (Wildman–Crippen MR) is 84.3 cm³/mol. The molecule has 21 heavy (non-hydrogen) atoms. The summed E-state index contributed by atoms with van der Waals surface area (Å²) in [4.78, 5) is 9.01. The molecule has 4 nitrogen and oxygen atoms in total. The lowest BCUT2D eigenvalue weighted by Crippen LogP contribution is -2.22. The summed E-state index contributed by atoms with van der Waals surface area (Å²) in [6, 6.07) is 9.96. The van der Waals surface area contributed by atoms with Crippen molar-refractivity contribution in [3.05, 3.63) is 53.1 Å². The van der Waals surface area contributed by atoms with Crippen molar-refractivity contribution in [3.63, 3.8) is 0 Å². The Morgan fingerprint density at radius 1 is 1.10 bits per heavy atom. The van der Waals surface area contributed by atoms with Gasteiger partial charge in [0.25, 0.3) is 0 Å². The average Bonchev–Trinajstić information content (AvgIpc) is 2.46. The summed E-state index contributed by atoms with van der Waals surface area (Å²) in [5.74, 6) is 0.799. The third-order valence-electron chi connectivity index (χ3n) is 3.37. The molecule has 4 heteroatoms. The van der Waals surface area contributed by atoms with Gasteiger partial charge in [-0.2, -0.15) is 0 Å². The van der Waals surface area contributed by atoms with Crippen molar-refractivity contribution in [3.8, 4) is 5.75 Å². The molecule has 112 valence electrons. The molecule has 0 saturated heterocycles. The molecule has 0 radical (unpaired) electrons. The Bertz CT molecular complexity index is 598. The molecule has 1 unspecified atom stereocenters. The van der Waals surface area contributed by atoms with E-state index >= 15 is 0 Å². The summed E-state index contributed by atoms with van der Waals surface area (Å²) in [5, 5.41) is 0. The minimum absolute atomic E-state index is 0.110. The monoisotopic (exact) mass is 285 g/mol. The molecular formula is C17H23N3O. The van der Waals surface area contributed by atoms with Gasteiger partial charge in [0.05, 0.1) is 11.4 Å². The summed E-state index contributed by atoms with van der Waals surface area (Å²) in [5.41, 5.74) is 9.86. The molecule has 0 aliphatic carbocycles. The fraction of sp³-hybridized carbons (Fsp3) is 0.412. The molecule has 0 saturated carbocycles. The van der Waals surface area contributed by atoms with Crippen molar-refractivity contribution in [2.24, 2.45) is 5.73 Å². The number of rotatable bonds is 6. The highest BCUT2D eigenvalue weighted by molar-refractivity contribution is 5.30. The number of hydrogen-bond donors (Lipinski definition) is 1. The summed E-state index contributed by atoms with van der Waals surface area (Å²) >= 11 is 0. The van der Waals surface area contributed by atoms with Crippen molar-refractivity contribution < 1.29 is 4.74 Å². The van der Waals surface area contributed by atoms with Gasteiger partial charge in [-0.25, -0.2) is 0 Å². The summed E-state index contributed by atoms with van der Waals surface area (Å²) in [6.45, 7) is 6.48. The molecule has 2 heterocycles. The maximum absolute atomic E-state index is 6.04. The van der Waals surface area contributed by atoms with E-state index in [1.165, 1.54) is 0 Å². The first kappa shape index (κ1) is 15.4. The lowest BCUT2D eigenvalue weighted by molar-refractivity contribution is 0.295. The molecule has 0 aromatic carbocycles. The van der Waals surface area contributed by atoms with E-state index in [1.54, 1.807) is 0 Å². The second-order valence-corrected chi connectivity index (χ2v) is 5.33. The van der Waals surface area contributed by atoms with E-state index < -0.39 is 0 Å². The van der Waals surface area contributed by atoms with Crippen LogP contribution in [0.5, 0.6) is 5.75 Å². The van der Waals surface area contributed by atoms with Crippen LogP contribution >= 0.6 is 0 Å². The van der Waals surface area contributed by atoms with Crippen LogP contribution in [0.25, 0.3) is 0 Å². The smallest absolute Gasteiger partial charge is 0.141 e. The van der Waals surface area contributed by atoms with Gasteiger partial charge in [0.2, 0.25) is 0 Å². The first-order valence-corrected chi connectivity index (χ1v) is 7.36. The van der Waals surface area contributed by atoms with Gasteiger partial charge < -0.3 is 10.5 Å². The largest absolute Gasteiger partial charge is 0.485 e. The number of hydrogen-bond acceptors (Lipinski definition) is 4. The Morgan fingerprint density at radius 2 is 1.86 bits per heavy atom. The van der Waals surface area contributed by atoms with Gasteiger partial charge >= 0.3 is 0 Å². The van der Waals surface area contributed by atoms with Gasteiger partial charge in [0.15, 0.2) is 0 Å². The highest BCUT2D eigenvalue weighted by Gasteiger charge is 2.10. The van der Waals surface area contributed by atoms with Crippen molar-refractivity contribution in [1.82, 2.24) is 9.97 Å². The van der Waals surface area contributed by atoms with Gasteiger partial charge in [-0.1, -0.05) is 13.0 Å². The van der Waals surface area contributed by atoms with Gasteiger partial charge in [0, 0.05) is 23.9 Å². The van der Waals surface area contributed by atoms with Gasteiger partial charge in [0.1, 0.15) is 12.4 Å². The van der Waals surface area contributed by atoms with Crippen molar-refractivity contribution in [2.45, 2.75) is 46.3 Å².